The molecule has 1 aliphatic heterocycles. The SMILES string of the molecule is CC(=O)N1CCCc2cc(S(=O)(=O)NCC(=O)Nc3ccccc3)ccc21. The van der Waals surface area contributed by atoms with Crippen LogP contribution in [-0.2, 0) is 26.0 Å². The monoisotopic (exact) mass is 387 g/mol. The minimum Gasteiger partial charge on any atom is -0.325 e. The van der Waals surface area contributed by atoms with Crippen molar-refractivity contribution >= 4 is 33.2 Å². The number of amides is 2. The van der Waals surface area contributed by atoms with Crippen LogP contribution in [0.3, 0.4) is 0 Å². The molecule has 0 fully saturated rings. The van der Waals surface area contributed by atoms with Gasteiger partial charge in [0.1, 0.15) is 0 Å². The van der Waals surface area contributed by atoms with Crippen molar-refractivity contribution in [3.05, 3.63) is 54.1 Å². The molecular formula is C19H21N3O4S. The first-order chi connectivity index (χ1) is 12.9. The number of anilines is 2. The number of sulfonamides is 1. The maximum atomic E-state index is 12.5. The highest BCUT2D eigenvalue weighted by Gasteiger charge is 2.23. The Balaban J connectivity index is 1.70. The number of rotatable bonds is 5. The summed E-state index contributed by atoms with van der Waals surface area (Å²) in [6.07, 6.45) is 1.49. The van der Waals surface area contributed by atoms with E-state index in [1.54, 1.807) is 41.3 Å². The number of nitrogens with one attached hydrogen (secondary N) is 2. The molecule has 3 rings (SSSR count). The number of nitrogens with zero attached hydrogens (tertiary/aromatic N) is 1. The first-order valence-corrected chi connectivity index (χ1v) is 10.1. The van der Waals surface area contributed by atoms with E-state index in [2.05, 4.69) is 10.0 Å². The van der Waals surface area contributed by atoms with E-state index in [-0.39, 0.29) is 17.3 Å². The zero-order valence-corrected chi connectivity index (χ0v) is 15.8. The Morgan fingerprint density at radius 3 is 2.56 bits per heavy atom. The first kappa shape index (κ1) is 19.1. The maximum Gasteiger partial charge on any atom is 0.241 e. The van der Waals surface area contributed by atoms with Gasteiger partial charge in [-0.3, -0.25) is 9.59 Å². The Kier molecular flexibility index (Phi) is 5.57. The van der Waals surface area contributed by atoms with Gasteiger partial charge in [-0.25, -0.2) is 13.1 Å². The van der Waals surface area contributed by atoms with Crippen molar-refractivity contribution in [2.75, 3.05) is 23.3 Å². The summed E-state index contributed by atoms with van der Waals surface area (Å²) in [4.78, 5) is 25.4. The van der Waals surface area contributed by atoms with Crippen LogP contribution in [0.5, 0.6) is 0 Å². The van der Waals surface area contributed by atoms with E-state index in [1.807, 2.05) is 6.07 Å². The van der Waals surface area contributed by atoms with Crippen molar-refractivity contribution < 1.29 is 18.0 Å². The zero-order valence-electron chi connectivity index (χ0n) is 14.9. The van der Waals surface area contributed by atoms with Gasteiger partial charge < -0.3 is 10.2 Å². The number of fused-ring (bicyclic) bond motifs is 1. The molecule has 0 radical (unpaired) electrons. The lowest BCUT2D eigenvalue weighted by Gasteiger charge is -2.28. The number of carbonyl (C=O) groups is 2. The van der Waals surface area contributed by atoms with Gasteiger partial charge in [-0.15, -0.1) is 0 Å². The summed E-state index contributed by atoms with van der Waals surface area (Å²) in [6.45, 7) is 1.76. The van der Waals surface area contributed by atoms with Crippen molar-refractivity contribution in [1.29, 1.82) is 0 Å². The molecule has 0 bridgehead atoms. The van der Waals surface area contributed by atoms with E-state index >= 15 is 0 Å². The van der Waals surface area contributed by atoms with Crippen LogP contribution in [0, 0.1) is 0 Å². The molecule has 8 heteroatoms. The van der Waals surface area contributed by atoms with Gasteiger partial charge in [0.25, 0.3) is 0 Å². The van der Waals surface area contributed by atoms with E-state index < -0.39 is 15.9 Å². The second-order valence-electron chi connectivity index (χ2n) is 6.30. The third-order valence-electron chi connectivity index (χ3n) is 4.34. The van der Waals surface area contributed by atoms with Gasteiger partial charge in [0.05, 0.1) is 11.4 Å². The molecule has 7 nitrogen and oxygen atoms in total. The molecule has 0 aliphatic carbocycles. The number of carbonyl (C=O) groups excluding carboxylic acids is 2. The second-order valence-corrected chi connectivity index (χ2v) is 8.07. The number of para-hydroxylation sites is 1. The lowest BCUT2D eigenvalue weighted by molar-refractivity contribution is -0.117. The van der Waals surface area contributed by atoms with Gasteiger partial charge in [0.2, 0.25) is 21.8 Å². The number of benzene rings is 2. The third kappa shape index (κ3) is 4.53. The Morgan fingerprint density at radius 1 is 1.11 bits per heavy atom. The highest BCUT2D eigenvalue weighted by atomic mass is 32.2. The summed E-state index contributed by atoms with van der Waals surface area (Å²) in [7, 11) is -3.83. The number of hydrogen-bond donors (Lipinski definition) is 2. The molecule has 0 atom stereocenters. The Hall–Kier alpha value is -2.71. The van der Waals surface area contributed by atoms with Crippen LogP contribution in [0.4, 0.5) is 11.4 Å². The topological polar surface area (TPSA) is 95.6 Å². The lowest BCUT2D eigenvalue weighted by atomic mass is 10.0. The quantitative estimate of drug-likeness (QED) is 0.819. The molecule has 0 aromatic heterocycles. The summed E-state index contributed by atoms with van der Waals surface area (Å²) in [6, 6.07) is 13.5. The van der Waals surface area contributed by atoms with Crippen molar-refractivity contribution in [3.8, 4) is 0 Å². The van der Waals surface area contributed by atoms with Gasteiger partial charge in [0, 0.05) is 24.8 Å². The van der Waals surface area contributed by atoms with Crippen LogP contribution < -0.4 is 14.9 Å². The Morgan fingerprint density at radius 2 is 1.85 bits per heavy atom. The highest BCUT2D eigenvalue weighted by molar-refractivity contribution is 7.89. The number of hydrogen-bond acceptors (Lipinski definition) is 4. The van der Waals surface area contributed by atoms with E-state index in [1.165, 1.54) is 13.0 Å². The minimum absolute atomic E-state index is 0.0673. The average molecular weight is 387 g/mol. The molecule has 1 aliphatic rings. The van der Waals surface area contributed by atoms with Gasteiger partial charge in [-0.05, 0) is 48.7 Å². The highest BCUT2D eigenvalue weighted by Crippen LogP contribution is 2.29. The lowest BCUT2D eigenvalue weighted by Crippen LogP contribution is -2.34. The fraction of sp³-hybridized carbons (Fsp3) is 0.263. The fourth-order valence-corrected chi connectivity index (χ4v) is 4.07. The van der Waals surface area contributed by atoms with E-state index in [0.717, 1.165) is 17.7 Å². The van der Waals surface area contributed by atoms with Gasteiger partial charge in [-0.2, -0.15) is 0 Å². The molecular weight excluding hydrogens is 366 g/mol. The molecule has 0 saturated heterocycles. The van der Waals surface area contributed by atoms with Crippen molar-refractivity contribution in [3.63, 3.8) is 0 Å². The smallest absolute Gasteiger partial charge is 0.241 e. The molecule has 142 valence electrons. The molecule has 0 saturated carbocycles. The van der Waals surface area contributed by atoms with E-state index in [9.17, 15) is 18.0 Å². The zero-order chi connectivity index (χ0) is 19.4. The summed E-state index contributed by atoms with van der Waals surface area (Å²) in [5.74, 6) is -0.521. The Bertz CT molecular complexity index is 958. The van der Waals surface area contributed by atoms with Gasteiger partial charge >= 0.3 is 0 Å². The van der Waals surface area contributed by atoms with E-state index in [0.29, 0.717) is 18.7 Å². The van der Waals surface area contributed by atoms with Crippen LogP contribution in [0.1, 0.15) is 18.9 Å². The summed E-state index contributed by atoms with van der Waals surface area (Å²) in [5.41, 5.74) is 2.15. The molecule has 2 aromatic carbocycles. The molecule has 1 heterocycles. The molecule has 27 heavy (non-hydrogen) atoms. The average Bonchev–Trinajstić information content (AvgIpc) is 2.66. The van der Waals surface area contributed by atoms with Gasteiger partial charge in [0.15, 0.2) is 0 Å². The maximum absolute atomic E-state index is 12.5. The second kappa shape index (κ2) is 7.89. The Labute approximate surface area is 158 Å². The first-order valence-electron chi connectivity index (χ1n) is 8.62. The number of aryl methyl sites for hydroxylation is 1. The van der Waals surface area contributed by atoms with Gasteiger partial charge in [-0.1, -0.05) is 18.2 Å². The largest absolute Gasteiger partial charge is 0.325 e. The standard InChI is InChI=1S/C19H21N3O4S/c1-14(23)22-11-5-6-15-12-17(9-10-18(15)22)27(25,26)20-13-19(24)21-16-7-3-2-4-8-16/h2-4,7-10,12,20H,5-6,11,13H2,1H3,(H,21,24). The van der Waals surface area contributed by atoms with E-state index in [4.69, 9.17) is 0 Å². The summed E-state index contributed by atoms with van der Waals surface area (Å²) in [5, 5.41) is 2.62. The molecule has 2 amide bonds. The predicted octanol–water partition coefficient (Wildman–Crippen LogP) is 1.90. The van der Waals surface area contributed by atoms with Crippen molar-refractivity contribution in [1.82, 2.24) is 4.72 Å². The van der Waals surface area contributed by atoms with Crippen molar-refractivity contribution in [2.45, 2.75) is 24.7 Å². The van der Waals surface area contributed by atoms with Crippen LogP contribution in [0.15, 0.2) is 53.4 Å². The van der Waals surface area contributed by atoms with Crippen LogP contribution in [0.25, 0.3) is 0 Å². The molecule has 0 spiro atoms. The predicted molar refractivity (Wildman–Crippen MR) is 103 cm³/mol. The van der Waals surface area contributed by atoms with Crippen LogP contribution in [0.2, 0.25) is 0 Å². The van der Waals surface area contributed by atoms with Crippen molar-refractivity contribution in [2.24, 2.45) is 0 Å². The molecule has 2 N–H and O–H groups in total. The minimum atomic E-state index is -3.83. The van der Waals surface area contributed by atoms with Crippen LogP contribution >= 0.6 is 0 Å². The molecule has 2 aromatic rings. The summed E-state index contributed by atoms with van der Waals surface area (Å²) < 4.78 is 27.4. The van der Waals surface area contributed by atoms with Crippen LogP contribution in [-0.4, -0.2) is 33.3 Å². The fourth-order valence-electron chi connectivity index (χ4n) is 3.04. The third-order valence-corrected chi connectivity index (χ3v) is 5.74. The normalized spacial score (nSPS) is 13.7. The summed E-state index contributed by atoms with van der Waals surface area (Å²) >= 11 is 0. The molecule has 0 unspecified atom stereocenters.